The molecule has 0 saturated carbocycles. The van der Waals surface area contributed by atoms with Crippen LogP contribution < -0.4 is 10.3 Å². The number of alkyl halides is 3. The Hall–Kier alpha value is -2.76. The predicted molar refractivity (Wildman–Crippen MR) is 113 cm³/mol. The van der Waals surface area contributed by atoms with Crippen LogP contribution in [0.5, 0.6) is 0 Å². The Bertz CT molecular complexity index is 1080. The summed E-state index contributed by atoms with van der Waals surface area (Å²) in [6.45, 7) is 3.31. The maximum atomic E-state index is 13.0. The van der Waals surface area contributed by atoms with Gasteiger partial charge in [0, 0.05) is 5.56 Å². The van der Waals surface area contributed by atoms with Crippen LogP contribution in [0, 0.1) is 6.92 Å². The van der Waals surface area contributed by atoms with E-state index in [1.54, 1.807) is 24.3 Å². The highest BCUT2D eigenvalue weighted by Gasteiger charge is 2.33. The van der Waals surface area contributed by atoms with Gasteiger partial charge in [0.15, 0.2) is 6.54 Å². The van der Waals surface area contributed by atoms with Crippen LogP contribution in [0.4, 0.5) is 13.2 Å². The lowest BCUT2D eigenvalue weighted by Gasteiger charge is -2.31. The molecule has 1 fully saturated rings. The number of quaternary nitrogens is 1. The Morgan fingerprint density at radius 2 is 1.75 bits per heavy atom. The molecule has 7 nitrogen and oxygen atoms in total. The van der Waals surface area contributed by atoms with Crippen LogP contribution in [-0.2, 0) is 21.0 Å². The van der Waals surface area contributed by atoms with Crippen LogP contribution in [0.3, 0.4) is 0 Å². The van der Waals surface area contributed by atoms with Crippen LogP contribution in [-0.4, -0.2) is 57.6 Å². The molecule has 1 aliphatic rings. The minimum absolute atomic E-state index is 0.0384. The van der Waals surface area contributed by atoms with E-state index in [4.69, 9.17) is 0 Å². The van der Waals surface area contributed by atoms with Gasteiger partial charge >= 0.3 is 6.18 Å². The molecule has 1 aliphatic heterocycles. The van der Waals surface area contributed by atoms with Crippen molar-refractivity contribution in [3.63, 3.8) is 0 Å². The molecule has 0 spiro atoms. The molecule has 2 aromatic carbocycles. The monoisotopic (exact) mass is 469 g/mol. The topological polar surface area (TPSA) is 83.3 Å². The van der Waals surface area contributed by atoms with Crippen LogP contribution in [0.15, 0.2) is 58.5 Å². The van der Waals surface area contributed by atoms with E-state index in [0.717, 1.165) is 22.7 Å². The molecular formula is C21H24F3N4O3S+. The van der Waals surface area contributed by atoms with Gasteiger partial charge in [-0.15, -0.1) is 0 Å². The molecule has 0 radical (unpaired) electrons. The molecule has 2 aromatic rings. The van der Waals surface area contributed by atoms with Crippen molar-refractivity contribution in [2.24, 2.45) is 5.10 Å². The van der Waals surface area contributed by atoms with Crippen molar-refractivity contribution >= 4 is 22.1 Å². The Morgan fingerprint density at radius 1 is 1.12 bits per heavy atom. The van der Waals surface area contributed by atoms with E-state index in [1.807, 2.05) is 6.92 Å². The number of carbonyl (C=O) groups is 1. The summed E-state index contributed by atoms with van der Waals surface area (Å²) < 4.78 is 65.8. The van der Waals surface area contributed by atoms with E-state index in [9.17, 15) is 26.4 Å². The lowest BCUT2D eigenvalue weighted by Crippen LogP contribution is -3.15. The average Bonchev–Trinajstić information content (AvgIpc) is 2.74. The first kappa shape index (κ1) is 23.9. The number of aryl methyl sites for hydroxylation is 1. The summed E-state index contributed by atoms with van der Waals surface area (Å²) >= 11 is 0. The summed E-state index contributed by atoms with van der Waals surface area (Å²) in [6, 6.07) is 11.6. The standard InChI is InChI=1S/C21H23F3N4O3S/c1-16-6-8-18(9-7-16)32(30,31)28-12-10-27(11-13-28)15-20(29)26-25-14-17-4-2-3-5-19(17)21(22,23)24/h2-9,14H,10-13,15H2,1H3,(H,26,29)/p+1/b25-14+. The van der Waals surface area contributed by atoms with E-state index in [-0.39, 0.29) is 30.1 Å². The quantitative estimate of drug-likeness (QED) is 0.490. The summed E-state index contributed by atoms with van der Waals surface area (Å²) in [5.74, 6) is -0.462. The van der Waals surface area contributed by atoms with E-state index in [0.29, 0.717) is 13.1 Å². The lowest BCUT2D eigenvalue weighted by atomic mass is 10.1. The van der Waals surface area contributed by atoms with Crippen molar-refractivity contribution in [1.82, 2.24) is 9.73 Å². The number of hydrogen-bond donors (Lipinski definition) is 2. The van der Waals surface area contributed by atoms with Gasteiger partial charge in [0.2, 0.25) is 10.0 Å². The van der Waals surface area contributed by atoms with Gasteiger partial charge in [0.25, 0.3) is 5.91 Å². The number of halogens is 3. The summed E-state index contributed by atoms with van der Waals surface area (Å²) in [4.78, 5) is 13.2. The number of piperazine rings is 1. The fraction of sp³-hybridized carbons (Fsp3) is 0.333. The first-order valence-electron chi connectivity index (χ1n) is 9.96. The summed E-state index contributed by atoms with van der Waals surface area (Å²) in [7, 11) is -3.59. The minimum atomic E-state index is -4.52. The molecule has 1 amide bonds. The first-order chi connectivity index (χ1) is 15.1. The number of nitrogens with one attached hydrogen (secondary N) is 2. The number of sulfonamides is 1. The number of amides is 1. The van der Waals surface area contributed by atoms with Gasteiger partial charge in [0.05, 0.1) is 42.9 Å². The second kappa shape index (κ2) is 9.80. The minimum Gasteiger partial charge on any atom is -0.325 e. The van der Waals surface area contributed by atoms with Crippen LogP contribution in [0.25, 0.3) is 0 Å². The Labute approximate surface area is 184 Å². The van der Waals surface area contributed by atoms with E-state index in [2.05, 4.69) is 10.5 Å². The van der Waals surface area contributed by atoms with Crippen molar-refractivity contribution in [2.45, 2.75) is 18.0 Å². The SMILES string of the molecule is Cc1ccc(S(=O)(=O)N2CC[NH+](CC(=O)N/N=C/c3ccccc3C(F)(F)F)CC2)cc1. The number of rotatable bonds is 6. The van der Waals surface area contributed by atoms with Crippen LogP contribution in [0.2, 0.25) is 0 Å². The van der Waals surface area contributed by atoms with Gasteiger partial charge in [-0.2, -0.15) is 22.6 Å². The van der Waals surface area contributed by atoms with Crippen molar-refractivity contribution in [2.75, 3.05) is 32.7 Å². The first-order valence-corrected chi connectivity index (χ1v) is 11.4. The molecular weight excluding hydrogens is 445 g/mol. The van der Waals surface area contributed by atoms with Crippen LogP contribution in [0.1, 0.15) is 16.7 Å². The highest BCUT2D eigenvalue weighted by molar-refractivity contribution is 7.89. The molecule has 0 bridgehead atoms. The Balaban J connectivity index is 1.51. The van der Waals surface area contributed by atoms with Crippen molar-refractivity contribution in [3.8, 4) is 0 Å². The molecule has 11 heteroatoms. The predicted octanol–water partition coefficient (Wildman–Crippen LogP) is 1.05. The second-order valence-electron chi connectivity index (χ2n) is 7.52. The van der Waals surface area contributed by atoms with E-state index < -0.39 is 27.7 Å². The number of carbonyl (C=O) groups excluding carboxylic acids is 1. The van der Waals surface area contributed by atoms with E-state index in [1.165, 1.54) is 22.5 Å². The molecule has 1 heterocycles. The zero-order chi connectivity index (χ0) is 23.4. The normalized spacial score (nSPS) is 16.4. The van der Waals surface area contributed by atoms with Gasteiger partial charge < -0.3 is 4.90 Å². The number of hydrogen-bond acceptors (Lipinski definition) is 4. The molecule has 172 valence electrons. The highest BCUT2D eigenvalue weighted by Crippen LogP contribution is 2.31. The maximum Gasteiger partial charge on any atom is 0.417 e. The summed E-state index contributed by atoms with van der Waals surface area (Å²) in [5, 5.41) is 3.64. The summed E-state index contributed by atoms with van der Waals surface area (Å²) in [5.41, 5.74) is 2.22. The lowest BCUT2D eigenvalue weighted by molar-refractivity contribution is -0.895. The molecule has 2 N–H and O–H groups in total. The highest BCUT2D eigenvalue weighted by atomic mass is 32.2. The molecule has 32 heavy (non-hydrogen) atoms. The van der Waals surface area contributed by atoms with Gasteiger partial charge in [-0.1, -0.05) is 35.9 Å². The number of benzene rings is 2. The fourth-order valence-corrected chi connectivity index (χ4v) is 4.83. The molecule has 1 saturated heterocycles. The van der Waals surface area contributed by atoms with Gasteiger partial charge in [0.1, 0.15) is 0 Å². The largest absolute Gasteiger partial charge is 0.417 e. The van der Waals surface area contributed by atoms with Crippen LogP contribution >= 0.6 is 0 Å². The molecule has 0 aliphatic carbocycles. The zero-order valence-corrected chi connectivity index (χ0v) is 18.2. The Kier molecular flexibility index (Phi) is 7.32. The van der Waals surface area contributed by atoms with Crippen molar-refractivity contribution < 1.29 is 31.3 Å². The van der Waals surface area contributed by atoms with Crippen molar-refractivity contribution in [1.29, 1.82) is 0 Å². The fourth-order valence-electron chi connectivity index (χ4n) is 3.39. The smallest absolute Gasteiger partial charge is 0.325 e. The molecule has 0 atom stereocenters. The zero-order valence-electron chi connectivity index (χ0n) is 17.4. The molecule has 0 aromatic heterocycles. The third kappa shape index (κ3) is 5.93. The molecule has 3 rings (SSSR count). The average molecular weight is 470 g/mol. The van der Waals surface area contributed by atoms with Gasteiger partial charge in [-0.05, 0) is 25.1 Å². The van der Waals surface area contributed by atoms with Crippen molar-refractivity contribution in [3.05, 3.63) is 65.2 Å². The third-order valence-electron chi connectivity index (χ3n) is 5.16. The molecule has 0 unspecified atom stereocenters. The Morgan fingerprint density at radius 3 is 2.38 bits per heavy atom. The number of hydrazone groups is 1. The van der Waals surface area contributed by atoms with E-state index >= 15 is 0 Å². The number of nitrogens with zero attached hydrogens (tertiary/aromatic N) is 2. The third-order valence-corrected chi connectivity index (χ3v) is 7.07. The maximum absolute atomic E-state index is 13.0. The summed E-state index contributed by atoms with van der Waals surface area (Å²) in [6.07, 6.45) is -3.56. The second-order valence-corrected chi connectivity index (χ2v) is 9.46. The van der Waals surface area contributed by atoms with Gasteiger partial charge in [-0.25, -0.2) is 13.8 Å². The van der Waals surface area contributed by atoms with Gasteiger partial charge in [-0.3, -0.25) is 4.79 Å².